The van der Waals surface area contributed by atoms with Gasteiger partial charge in [-0.3, -0.25) is 0 Å². The van der Waals surface area contributed by atoms with Crippen LogP contribution in [-0.2, 0) is 0 Å². The number of anilines is 1. The van der Waals surface area contributed by atoms with Crippen LogP contribution < -0.4 is 4.90 Å². The molecule has 0 N–H and O–H groups in total. The highest BCUT2D eigenvalue weighted by Crippen LogP contribution is 2.42. The molecule has 0 saturated heterocycles. The van der Waals surface area contributed by atoms with Crippen molar-refractivity contribution < 1.29 is 0 Å². The topological polar surface area (TPSA) is 27.0 Å². The minimum Gasteiger partial charge on any atom is -0.369 e. The van der Waals surface area contributed by atoms with E-state index in [0.717, 1.165) is 17.5 Å². The molecule has 1 aliphatic rings. The molecule has 2 heteroatoms. The van der Waals surface area contributed by atoms with Crippen molar-refractivity contribution in [3.05, 3.63) is 65.2 Å². The van der Waals surface area contributed by atoms with Crippen molar-refractivity contribution in [2.75, 3.05) is 11.9 Å². The molecule has 0 aliphatic carbocycles. The SMILES string of the molecule is CC1CC(C)(C)N(C)c2ccc(/C=C(/C#N)c3ccccc3)cc21. The summed E-state index contributed by atoms with van der Waals surface area (Å²) in [5.74, 6) is 0.516. The molecule has 0 fully saturated rings. The first-order valence-electron chi connectivity index (χ1n) is 8.47. The third-order valence-electron chi connectivity index (χ3n) is 5.17. The second-order valence-corrected chi connectivity index (χ2v) is 7.33. The number of allylic oxidation sites excluding steroid dienone is 1. The van der Waals surface area contributed by atoms with Gasteiger partial charge in [-0.15, -0.1) is 0 Å². The Balaban J connectivity index is 2.02. The predicted molar refractivity (Wildman–Crippen MR) is 102 cm³/mol. The van der Waals surface area contributed by atoms with Gasteiger partial charge in [-0.1, -0.05) is 43.3 Å². The summed E-state index contributed by atoms with van der Waals surface area (Å²) in [6, 6.07) is 18.7. The lowest BCUT2D eigenvalue weighted by atomic mass is 9.80. The molecule has 2 aromatic carbocycles. The molecule has 1 unspecified atom stereocenters. The molecule has 1 aliphatic heterocycles. The van der Waals surface area contributed by atoms with Gasteiger partial charge in [-0.05, 0) is 61.1 Å². The second kappa shape index (κ2) is 6.17. The summed E-state index contributed by atoms with van der Waals surface area (Å²) in [4.78, 5) is 2.37. The molecule has 0 saturated carbocycles. The van der Waals surface area contributed by atoms with Gasteiger partial charge in [-0.2, -0.15) is 5.26 Å². The number of rotatable bonds is 2. The van der Waals surface area contributed by atoms with E-state index in [-0.39, 0.29) is 5.54 Å². The molecule has 1 atom stereocenters. The molecule has 2 aromatic rings. The van der Waals surface area contributed by atoms with Crippen LogP contribution in [0.4, 0.5) is 5.69 Å². The minimum absolute atomic E-state index is 0.172. The van der Waals surface area contributed by atoms with E-state index in [1.165, 1.54) is 11.3 Å². The third-order valence-corrected chi connectivity index (χ3v) is 5.17. The Morgan fingerprint density at radius 3 is 2.58 bits per heavy atom. The monoisotopic (exact) mass is 316 g/mol. The first kappa shape index (κ1) is 16.3. The molecular weight excluding hydrogens is 292 g/mol. The highest BCUT2D eigenvalue weighted by Gasteiger charge is 2.33. The molecule has 0 aromatic heterocycles. The summed E-state index contributed by atoms with van der Waals surface area (Å²) in [5.41, 5.74) is 5.60. The van der Waals surface area contributed by atoms with Gasteiger partial charge in [0.05, 0.1) is 11.6 Å². The Morgan fingerprint density at radius 1 is 1.21 bits per heavy atom. The normalized spacial score (nSPS) is 19.5. The molecular formula is C22H24N2. The molecule has 122 valence electrons. The van der Waals surface area contributed by atoms with Crippen LogP contribution in [0.1, 0.15) is 49.8 Å². The fourth-order valence-corrected chi connectivity index (χ4v) is 3.65. The summed E-state index contributed by atoms with van der Waals surface area (Å²) in [7, 11) is 2.17. The van der Waals surface area contributed by atoms with E-state index >= 15 is 0 Å². The summed E-state index contributed by atoms with van der Waals surface area (Å²) in [6.07, 6.45) is 3.12. The number of hydrogen-bond acceptors (Lipinski definition) is 2. The molecule has 0 bridgehead atoms. The van der Waals surface area contributed by atoms with Gasteiger partial charge in [-0.25, -0.2) is 0 Å². The maximum absolute atomic E-state index is 9.52. The summed E-state index contributed by atoms with van der Waals surface area (Å²) >= 11 is 0. The standard InChI is InChI=1S/C22H24N2/c1-16-14-22(2,3)24(4)21-11-10-17(13-20(16)21)12-19(15-23)18-8-6-5-7-9-18/h5-13,16H,14H2,1-4H3/b19-12-. The first-order valence-corrected chi connectivity index (χ1v) is 8.47. The molecule has 24 heavy (non-hydrogen) atoms. The van der Waals surface area contributed by atoms with E-state index in [9.17, 15) is 5.26 Å². The summed E-state index contributed by atoms with van der Waals surface area (Å²) in [6.45, 7) is 6.89. The molecule has 1 heterocycles. The van der Waals surface area contributed by atoms with Gasteiger partial charge in [0.2, 0.25) is 0 Å². The van der Waals surface area contributed by atoms with Crippen LogP contribution in [0, 0.1) is 11.3 Å². The van der Waals surface area contributed by atoms with Crippen molar-refractivity contribution in [1.29, 1.82) is 5.26 Å². The predicted octanol–water partition coefficient (Wildman–Crippen LogP) is 5.47. The largest absolute Gasteiger partial charge is 0.369 e. The lowest BCUT2D eigenvalue weighted by molar-refractivity contribution is 0.395. The number of hydrogen-bond donors (Lipinski definition) is 0. The minimum atomic E-state index is 0.172. The Morgan fingerprint density at radius 2 is 1.92 bits per heavy atom. The van der Waals surface area contributed by atoms with Crippen molar-refractivity contribution in [3.63, 3.8) is 0 Å². The van der Waals surface area contributed by atoms with E-state index in [2.05, 4.69) is 57.0 Å². The molecule has 2 nitrogen and oxygen atoms in total. The summed E-state index contributed by atoms with van der Waals surface area (Å²) in [5, 5.41) is 9.52. The van der Waals surface area contributed by atoms with E-state index in [1.807, 2.05) is 36.4 Å². The molecule has 0 amide bonds. The van der Waals surface area contributed by atoms with Crippen molar-refractivity contribution in [2.45, 2.75) is 38.6 Å². The Bertz CT molecular complexity index is 810. The van der Waals surface area contributed by atoms with Crippen molar-refractivity contribution >= 4 is 17.3 Å². The maximum Gasteiger partial charge on any atom is 0.0998 e. The molecule has 0 spiro atoms. The zero-order valence-corrected chi connectivity index (χ0v) is 14.9. The van der Waals surface area contributed by atoms with Crippen LogP contribution in [0.25, 0.3) is 11.6 Å². The average Bonchev–Trinajstić information content (AvgIpc) is 2.58. The lowest BCUT2D eigenvalue weighted by Gasteiger charge is -2.45. The van der Waals surface area contributed by atoms with Crippen molar-refractivity contribution in [3.8, 4) is 6.07 Å². The van der Waals surface area contributed by atoms with E-state index in [4.69, 9.17) is 0 Å². The van der Waals surface area contributed by atoms with E-state index < -0.39 is 0 Å². The first-order chi connectivity index (χ1) is 11.4. The van der Waals surface area contributed by atoms with Crippen LogP contribution in [-0.4, -0.2) is 12.6 Å². The number of benzene rings is 2. The highest BCUT2D eigenvalue weighted by molar-refractivity contribution is 5.90. The van der Waals surface area contributed by atoms with Crippen molar-refractivity contribution in [1.82, 2.24) is 0 Å². The van der Waals surface area contributed by atoms with Gasteiger partial charge in [0.1, 0.15) is 0 Å². The van der Waals surface area contributed by atoms with Crippen molar-refractivity contribution in [2.24, 2.45) is 0 Å². The van der Waals surface area contributed by atoms with Crippen LogP contribution in [0.15, 0.2) is 48.5 Å². The van der Waals surface area contributed by atoms with Crippen LogP contribution in [0.5, 0.6) is 0 Å². The zero-order chi connectivity index (χ0) is 17.3. The zero-order valence-electron chi connectivity index (χ0n) is 14.9. The van der Waals surface area contributed by atoms with Crippen LogP contribution >= 0.6 is 0 Å². The van der Waals surface area contributed by atoms with Gasteiger partial charge >= 0.3 is 0 Å². The molecule has 3 rings (SSSR count). The van der Waals surface area contributed by atoms with Crippen LogP contribution in [0.2, 0.25) is 0 Å². The van der Waals surface area contributed by atoms with E-state index in [1.54, 1.807) is 0 Å². The third kappa shape index (κ3) is 2.95. The van der Waals surface area contributed by atoms with Crippen LogP contribution in [0.3, 0.4) is 0 Å². The fraction of sp³-hybridized carbons (Fsp3) is 0.318. The fourth-order valence-electron chi connectivity index (χ4n) is 3.65. The quantitative estimate of drug-likeness (QED) is 0.542. The Hall–Kier alpha value is -2.53. The number of nitriles is 1. The number of nitrogens with zero attached hydrogens (tertiary/aromatic N) is 2. The average molecular weight is 316 g/mol. The van der Waals surface area contributed by atoms with Gasteiger partial charge < -0.3 is 4.90 Å². The Kier molecular flexibility index (Phi) is 4.20. The van der Waals surface area contributed by atoms with Gasteiger partial charge in [0.25, 0.3) is 0 Å². The smallest absolute Gasteiger partial charge is 0.0998 e. The Labute approximate surface area is 145 Å². The second-order valence-electron chi connectivity index (χ2n) is 7.33. The highest BCUT2D eigenvalue weighted by atomic mass is 15.2. The number of fused-ring (bicyclic) bond motifs is 1. The molecule has 0 radical (unpaired) electrons. The summed E-state index contributed by atoms with van der Waals surface area (Å²) < 4.78 is 0. The van der Waals surface area contributed by atoms with Gasteiger partial charge in [0.15, 0.2) is 0 Å². The lowest BCUT2D eigenvalue weighted by Crippen LogP contribution is -2.45. The maximum atomic E-state index is 9.52. The van der Waals surface area contributed by atoms with E-state index in [0.29, 0.717) is 11.5 Å². The van der Waals surface area contributed by atoms with Gasteiger partial charge in [0, 0.05) is 18.3 Å².